The smallest absolute Gasteiger partial charge is 0.0603 e. The molecule has 1 saturated heterocycles. The lowest BCUT2D eigenvalue weighted by atomic mass is 9.65. The van der Waals surface area contributed by atoms with Gasteiger partial charge in [-0.15, -0.1) is 11.8 Å². The summed E-state index contributed by atoms with van der Waals surface area (Å²) in [4.78, 5) is 1.45. The molecular weight excluding hydrogens is 242 g/mol. The van der Waals surface area contributed by atoms with Crippen molar-refractivity contribution in [3.05, 3.63) is 29.3 Å². The molecule has 1 aromatic carbocycles. The molecule has 98 valence electrons. The van der Waals surface area contributed by atoms with Crippen LogP contribution in [0.2, 0.25) is 0 Å². The molecule has 18 heavy (non-hydrogen) atoms. The first-order valence-corrected chi connectivity index (χ1v) is 7.64. The number of nitrogens with two attached hydrogens (primary N) is 1. The number of fused-ring (bicyclic) bond motifs is 1. The molecule has 2 nitrogen and oxygen atoms in total. The maximum atomic E-state index is 6.40. The topological polar surface area (TPSA) is 35.2 Å². The van der Waals surface area contributed by atoms with E-state index in [9.17, 15) is 0 Å². The number of aryl methyl sites for hydroxylation is 1. The van der Waals surface area contributed by atoms with E-state index < -0.39 is 0 Å². The molecule has 0 aliphatic carbocycles. The third-order valence-corrected chi connectivity index (χ3v) is 5.59. The molecule has 2 heterocycles. The molecule has 0 bridgehead atoms. The van der Waals surface area contributed by atoms with Crippen LogP contribution in [0.3, 0.4) is 0 Å². The van der Waals surface area contributed by atoms with E-state index in [2.05, 4.69) is 32.0 Å². The van der Waals surface area contributed by atoms with Gasteiger partial charge in [0.1, 0.15) is 0 Å². The van der Waals surface area contributed by atoms with Crippen LogP contribution in [0.4, 0.5) is 0 Å². The Bertz CT molecular complexity index is 460. The molecule has 2 aliphatic rings. The number of hydrogen-bond donors (Lipinski definition) is 1. The van der Waals surface area contributed by atoms with Gasteiger partial charge in [-0.1, -0.05) is 12.1 Å². The molecule has 1 fully saturated rings. The maximum Gasteiger partial charge on any atom is 0.0603 e. The Morgan fingerprint density at radius 1 is 1.33 bits per heavy atom. The molecule has 3 heteroatoms. The molecule has 0 aromatic heterocycles. The monoisotopic (exact) mass is 263 g/mol. The molecule has 3 rings (SSSR count). The Balaban J connectivity index is 2.01. The van der Waals surface area contributed by atoms with Crippen molar-refractivity contribution in [1.29, 1.82) is 0 Å². The van der Waals surface area contributed by atoms with Gasteiger partial charge in [-0.25, -0.2) is 0 Å². The largest absolute Gasteiger partial charge is 0.379 e. The first-order chi connectivity index (χ1) is 8.53. The summed E-state index contributed by atoms with van der Waals surface area (Å²) in [6, 6.07) is 6.91. The minimum absolute atomic E-state index is 0.00411. The van der Waals surface area contributed by atoms with Crippen LogP contribution in [0.1, 0.15) is 31.4 Å². The Morgan fingerprint density at radius 3 is 2.72 bits per heavy atom. The summed E-state index contributed by atoms with van der Waals surface area (Å²) in [7, 11) is 0. The molecule has 0 atom stereocenters. The van der Waals surface area contributed by atoms with Gasteiger partial charge in [-0.3, -0.25) is 0 Å². The zero-order valence-corrected chi connectivity index (χ0v) is 12.0. The fourth-order valence-corrected chi connectivity index (χ4v) is 3.89. The van der Waals surface area contributed by atoms with Gasteiger partial charge in [0.25, 0.3) is 0 Å². The predicted octanol–water partition coefficient (Wildman–Crippen LogP) is 2.73. The predicted molar refractivity (Wildman–Crippen MR) is 76.3 cm³/mol. The van der Waals surface area contributed by atoms with Crippen LogP contribution in [-0.4, -0.2) is 24.5 Å². The standard InChI is InChI=1S/C15H21NOS/c1-14(2,16)15(9-17-10-15)12-5-6-13-11(8-12)4-3-7-18-13/h5-6,8H,3-4,7,9-10,16H2,1-2H3. The Labute approximate surface area is 113 Å². The summed E-state index contributed by atoms with van der Waals surface area (Å²) >= 11 is 1.98. The molecule has 0 unspecified atom stereocenters. The van der Waals surface area contributed by atoms with Gasteiger partial charge < -0.3 is 10.5 Å². The van der Waals surface area contributed by atoms with Crippen molar-refractivity contribution in [2.75, 3.05) is 19.0 Å². The van der Waals surface area contributed by atoms with Crippen LogP contribution in [0.25, 0.3) is 0 Å². The van der Waals surface area contributed by atoms with E-state index in [0.29, 0.717) is 0 Å². The highest BCUT2D eigenvalue weighted by Gasteiger charge is 2.50. The summed E-state index contributed by atoms with van der Waals surface area (Å²) in [6.45, 7) is 5.73. The summed E-state index contributed by atoms with van der Waals surface area (Å²) < 4.78 is 5.48. The van der Waals surface area contributed by atoms with Gasteiger partial charge in [0.15, 0.2) is 0 Å². The van der Waals surface area contributed by atoms with Crippen LogP contribution in [0, 0.1) is 0 Å². The van der Waals surface area contributed by atoms with Gasteiger partial charge in [0.2, 0.25) is 0 Å². The third kappa shape index (κ3) is 1.80. The lowest BCUT2D eigenvalue weighted by Crippen LogP contribution is -2.64. The fraction of sp³-hybridized carbons (Fsp3) is 0.600. The number of hydrogen-bond acceptors (Lipinski definition) is 3. The van der Waals surface area contributed by atoms with Crippen molar-refractivity contribution in [3.8, 4) is 0 Å². The van der Waals surface area contributed by atoms with E-state index >= 15 is 0 Å². The third-order valence-electron chi connectivity index (χ3n) is 4.39. The lowest BCUT2D eigenvalue weighted by Gasteiger charge is -2.51. The Morgan fingerprint density at radius 2 is 2.11 bits per heavy atom. The van der Waals surface area contributed by atoms with E-state index in [-0.39, 0.29) is 11.0 Å². The van der Waals surface area contributed by atoms with Gasteiger partial charge in [-0.05, 0) is 49.6 Å². The second kappa shape index (κ2) is 4.26. The average Bonchev–Trinajstić information content (AvgIpc) is 2.25. The van der Waals surface area contributed by atoms with Crippen LogP contribution < -0.4 is 5.73 Å². The van der Waals surface area contributed by atoms with Crippen molar-refractivity contribution in [3.63, 3.8) is 0 Å². The molecule has 0 spiro atoms. The molecule has 1 aromatic rings. The molecule has 0 amide bonds. The van der Waals surface area contributed by atoms with E-state index in [4.69, 9.17) is 10.5 Å². The zero-order chi connectivity index (χ0) is 12.8. The van der Waals surface area contributed by atoms with Crippen LogP contribution in [0.5, 0.6) is 0 Å². The Kier molecular flexibility index (Phi) is 2.96. The van der Waals surface area contributed by atoms with Crippen molar-refractivity contribution in [1.82, 2.24) is 0 Å². The van der Waals surface area contributed by atoms with Gasteiger partial charge in [0, 0.05) is 10.4 Å². The molecular formula is C15H21NOS. The number of benzene rings is 1. The zero-order valence-electron chi connectivity index (χ0n) is 11.2. The van der Waals surface area contributed by atoms with Crippen molar-refractivity contribution in [2.24, 2.45) is 5.73 Å². The number of rotatable bonds is 2. The summed E-state index contributed by atoms with van der Waals surface area (Å²) in [5.74, 6) is 1.25. The van der Waals surface area contributed by atoms with Crippen molar-refractivity contribution < 1.29 is 4.74 Å². The number of ether oxygens (including phenoxy) is 1. The van der Waals surface area contributed by atoms with Gasteiger partial charge in [0.05, 0.1) is 18.6 Å². The SMILES string of the molecule is CC(C)(N)C1(c2ccc3c(c2)CCCS3)COC1. The second-order valence-corrected chi connectivity index (χ2v) is 7.21. The van der Waals surface area contributed by atoms with Crippen molar-refractivity contribution >= 4 is 11.8 Å². The fourth-order valence-electron chi connectivity index (χ4n) is 2.87. The quantitative estimate of drug-likeness (QED) is 0.891. The van der Waals surface area contributed by atoms with Crippen LogP contribution >= 0.6 is 11.8 Å². The highest BCUT2D eigenvalue weighted by atomic mass is 32.2. The van der Waals surface area contributed by atoms with Crippen molar-refractivity contribution in [2.45, 2.75) is 42.5 Å². The minimum atomic E-state index is -0.235. The molecule has 0 saturated carbocycles. The molecule has 2 N–H and O–H groups in total. The minimum Gasteiger partial charge on any atom is -0.379 e. The summed E-state index contributed by atoms with van der Waals surface area (Å²) in [5.41, 5.74) is 9.03. The van der Waals surface area contributed by atoms with Crippen LogP contribution in [-0.2, 0) is 16.6 Å². The normalized spacial score (nSPS) is 22.2. The average molecular weight is 263 g/mol. The number of thioether (sulfide) groups is 1. The van der Waals surface area contributed by atoms with Gasteiger partial charge in [-0.2, -0.15) is 0 Å². The molecule has 0 radical (unpaired) electrons. The Hall–Kier alpha value is -0.510. The highest BCUT2D eigenvalue weighted by molar-refractivity contribution is 7.99. The summed E-state index contributed by atoms with van der Waals surface area (Å²) in [6.07, 6.45) is 2.49. The van der Waals surface area contributed by atoms with E-state index in [1.807, 2.05) is 11.8 Å². The summed E-state index contributed by atoms with van der Waals surface area (Å²) in [5, 5.41) is 0. The first kappa shape index (κ1) is 12.5. The lowest BCUT2D eigenvalue weighted by molar-refractivity contribution is -0.0919. The van der Waals surface area contributed by atoms with E-state index in [0.717, 1.165) is 13.2 Å². The second-order valence-electron chi connectivity index (χ2n) is 6.07. The first-order valence-electron chi connectivity index (χ1n) is 6.66. The van der Waals surface area contributed by atoms with E-state index in [1.165, 1.54) is 34.6 Å². The van der Waals surface area contributed by atoms with Gasteiger partial charge >= 0.3 is 0 Å². The molecule has 2 aliphatic heterocycles. The highest BCUT2D eigenvalue weighted by Crippen LogP contribution is 2.42. The van der Waals surface area contributed by atoms with E-state index in [1.54, 1.807) is 0 Å². The maximum absolute atomic E-state index is 6.40. The van der Waals surface area contributed by atoms with Crippen LogP contribution in [0.15, 0.2) is 23.1 Å².